The molecule has 0 aliphatic carbocycles. The molecule has 0 aliphatic heterocycles. The number of nitrogens with zero attached hydrogens (tertiary/aromatic N) is 1. The summed E-state index contributed by atoms with van der Waals surface area (Å²) in [6.07, 6.45) is 0. The second kappa shape index (κ2) is 9.12. The highest BCUT2D eigenvalue weighted by Gasteiger charge is 2.17. The van der Waals surface area contributed by atoms with E-state index in [-0.39, 0.29) is 18.4 Å². The van der Waals surface area contributed by atoms with E-state index in [4.69, 9.17) is 0 Å². The van der Waals surface area contributed by atoms with E-state index in [0.29, 0.717) is 18.7 Å². The zero-order chi connectivity index (χ0) is 18.4. The average Bonchev–Trinajstić information content (AvgIpc) is 3.33. The molecule has 2 heterocycles. The van der Waals surface area contributed by atoms with Crippen LogP contribution in [-0.4, -0.2) is 23.3 Å². The van der Waals surface area contributed by atoms with E-state index in [9.17, 15) is 9.59 Å². The Morgan fingerprint density at radius 1 is 0.923 bits per heavy atom. The minimum atomic E-state index is -0.252. The fourth-order valence-corrected chi connectivity index (χ4v) is 4.09. The van der Waals surface area contributed by atoms with Crippen molar-refractivity contribution in [1.82, 2.24) is 10.2 Å². The minimum Gasteiger partial charge on any atom is -0.343 e. The van der Waals surface area contributed by atoms with Gasteiger partial charge in [-0.25, -0.2) is 0 Å². The fourth-order valence-electron chi connectivity index (χ4n) is 2.38. The molecule has 0 saturated heterocycles. The van der Waals surface area contributed by atoms with Crippen LogP contribution in [0.4, 0.5) is 0 Å². The molecule has 26 heavy (non-hydrogen) atoms. The van der Waals surface area contributed by atoms with Gasteiger partial charge in [0.05, 0.1) is 19.6 Å². The van der Waals surface area contributed by atoms with Crippen LogP contribution in [0.3, 0.4) is 0 Å². The molecule has 3 rings (SSSR count). The molecule has 2 aromatic heterocycles. The van der Waals surface area contributed by atoms with Crippen LogP contribution in [0.2, 0.25) is 0 Å². The molecule has 0 spiro atoms. The molecule has 0 saturated carbocycles. The monoisotopic (exact) mass is 448 g/mol. The highest BCUT2D eigenvalue weighted by molar-refractivity contribution is 9.10. The van der Waals surface area contributed by atoms with Gasteiger partial charge in [0.25, 0.3) is 5.91 Å². The van der Waals surface area contributed by atoms with Crippen molar-refractivity contribution in [3.05, 3.63) is 79.1 Å². The SMILES string of the molecule is O=C(NCC(=O)N(Cc1cccs1)Cc1cccs1)c1ccc(Br)cc1. The van der Waals surface area contributed by atoms with Gasteiger partial charge in [-0.15, -0.1) is 22.7 Å². The summed E-state index contributed by atoms with van der Waals surface area (Å²) < 4.78 is 0.906. The van der Waals surface area contributed by atoms with Crippen LogP contribution in [0.1, 0.15) is 20.1 Å². The van der Waals surface area contributed by atoms with Gasteiger partial charge in [-0.3, -0.25) is 9.59 Å². The lowest BCUT2D eigenvalue weighted by Crippen LogP contribution is -2.39. The van der Waals surface area contributed by atoms with Crippen molar-refractivity contribution >= 4 is 50.4 Å². The van der Waals surface area contributed by atoms with E-state index in [2.05, 4.69) is 21.2 Å². The molecule has 2 amide bonds. The van der Waals surface area contributed by atoms with Crippen LogP contribution < -0.4 is 5.32 Å². The van der Waals surface area contributed by atoms with E-state index in [0.717, 1.165) is 14.2 Å². The van der Waals surface area contributed by atoms with Crippen LogP contribution in [0.15, 0.2) is 63.8 Å². The number of benzene rings is 1. The molecule has 1 aromatic carbocycles. The standard InChI is InChI=1S/C19H17BrN2O2S2/c20-15-7-5-14(6-8-15)19(24)21-11-18(23)22(12-16-3-1-9-25-16)13-17-4-2-10-26-17/h1-10H,11-13H2,(H,21,24). The largest absolute Gasteiger partial charge is 0.343 e. The second-order valence-electron chi connectivity index (χ2n) is 5.60. The van der Waals surface area contributed by atoms with Gasteiger partial charge in [0.1, 0.15) is 0 Å². The van der Waals surface area contributed by atoms with Crippen molar-refractivity contribution in [1.29, 1.82) is 0 Å². The Hall–Kier alpha value is -1.96. The molecule has 3 aromatic rings. The summed E-state index contributed by atoms with van der Waals surface area (Å²) >= 11 is 6.58. The summed E-state index contributed by atoms with van der Waals surface area (Å²) in [6.45, 7) is 1.07. The molecule has 4 nitrogen and oxygen atoms in total. The minimum absolute atomic E-state index is 0.0222. The van der Waals surface area contributed by atoms with Gasteiger partial charge in [0.15, 0.2) is 0 Å². The first-order valence-electron chi connectivity index (χ1n) is 7.98. The number of hydrogen-bond donors (Lipinski definition) is 1. The van der Waals surface area contributed by atoms with Crippen LogP contribution in [0, 0.1) is 0 Å². The van der Waals surface area contributed by atoms with Gasteiger partial charge in [0, 0.05) is 19.8 Å². The molecule has 134 valence electrons. The van der Waals surface area contributed by atoms with Crippen molar-refractivity contribution in [2.24, 2.45) is 0 Å². The predicted molar refractivity (Wildman–Crippen MR) is 109 cm³/mol. The Morgan fingerprint density at radius 3 is 2.00 bits per heavy atom. The first-order chi connectivity index (χ1) is 12.6. The summed E-state index contributed by atoms with van der Waals surface area (Å²) in [7, 11) is 0. The lowest BCUT2D eigenvalue weighted by molar-refractivity contribution is -0.131. The number of halogens is 1. The third-order valence-electron chi connectivity index (χ3n) is 3.71. The number of nitrogens with one attached hydrogen (secondary N) is 1. The van der Waals surface area contributed by atoms with E-state index >= 15 is 0 Å². The lowest BCUT2D eigenvalue weighted by atomic mass is 10.2. The molecule has 7 heteroatoms. The maximum absolute atomic E-state index is 12.7. The molecule has 0 aliphatic rings. The van der Waals surface area contributed by atoms with Crippen LogP contribution in [0.5, 0.6) is 0 Å². The molecule has 0 fully saturated rings. The van der Waals surface area contributed by atoms with E-state index in [1.54, 1.807) is 51.8 Å². The van der Waals surface area contributed by atoms with Crippen LogP contribution >= 0.6 is 38.6 Å². The average molecular weight is 449 g/mol. The summed E-state index contributed by atoms with van der Waals surface area (Å²) in [5, 5.41) is 6.72. The normalized spacial score (nSPS) is 10.5. The van der Waals surface area contributed by atoms with Gasteiger partial charge in [-0.2, -0.15) is 0 Å². The third-order valence-corrected chi connectivity index (χ3v) is 5.96. The van der Waals surface area contributed by atoms with Gasteiger partial charge < -0.3 is 10.2 Å². The summed E-state index contributed by atoms with van der Waals surface area (Å²) in [4.78, 5) is 28.9. The van der Waals surface area contributed by atoms with Crippen molar-refractivity contribution in [2.75, 3.05) is 6.54 Å². The fraction of sp³-hybridized carbons (Fsp3) is 0.158. The maximum atomic E-state index is 12.7. The Kier molecular flexibility index (Phi) is 6.60. The Balaban J connectivity index is 1.62. The van der Waals surface area contributed by atoms with Crippen molar-refractivity contribution < 1.29 is 9.59 Å². The maximum Gasteiger partial charge on any atom is 0.251 e. The first-order valence-corrected chi connectivity index (χ1v) is 10.5. The van der Waals surface area contributed by atoms with E-state index < -0.39 is 0 Å². The van der Waals surface area contributed by atoms with E-state index in [1.807, 2.05) is 35.0 Å². The highest BCUT2D eigenvalue weighted by Crippen LogP contribution is 2.17. The second-order valence-corrected chi connectivity index (χ2v) is 8.58. The van der Waals surface area contributed by atoms with Gasteiger partial charge in [0.2, 0.25) is 5.91 Å². The smallest absolute Gasteiger partial charge is 0.251 e. The van der Waals surface area contributed by atoms with E-state index in [1.165, 1.54) is 0 Å². The van der Waals surface area contributed by atoms with Gasteiger partial charge in [-0.1, -0.05) is 28.1 Å². The topological polar surface area (TPSA) is 49.4 Å². The molecule has 0 bridgehead atoms. The number of hydrogen-bond acceptors (Lipinski definition) is 4. The zero-order valence-corrected chi connectivity index (χ0v) is 17.1. The first kappa shape index (κ1) is 18.8. The predicted octanol–water partition coefficient (Wildman–Crippen LogP) is 4.53. The molecular formula is C19H17BrN2O2S2. The van der Waals surface area contributed by atoms with Crippen LogP contribution in [0.25, 0.3) is 0 Å². The van der Waals surface area contributed by atoms with Gasteiger partial charge >= 0.3 is 0 Å². The molecular weight excluding hydrogens is 432 g/mol. The van der Waals surface area contributed by atoms with Crippen LogP contribution in [-0.2, 0) is 17.9 Å². The number of carbonyl (C=O) groups excluding carboxylic acids is 2. The molecule has 0 atom stereocenters. The van der Waals surface area contributed by atoms with Crippen molar-refractivity contribution in [2.45, 2.75) is 13.1 Å². The third kappa shape index (κ3) is 5.27. The number of amides is 2. The van der Waals surface area contributed by atoms with Crippen molar-refractivity contribution in [3.63, 3.8) is 0 Å². The summed E-state index contributed by atoms with van der Waals surface area (Å²) in [6, 6.07) is 15.0. The zero-order valence-electron chi connectivity index (χ0n) is 13.9. The molecule has 1 N–H and O–H groups in total. The van der Waals surface area contributed by atoms with Crippen molar-refractivity contribution in [3.8, 4) is 0 Å². The highest BCUT2D eigenvalue weighted by atomic mass is 79.9. The Labute approximate surface area is 168 Å². The Bertz CT molecular complexity index is 810. The number of rotatable bonds is 7. The quantitative estimate of drug-likeness (QED) is 0.576. The number of thiophene rings is 2. The lowest BCUT2D eigenvalue weighted by Gasteiger charge is -2.22. The van der Waals surface area contributed by atoms with Gasteiger partial charge in [-0.05, 0) is 47.2 Å². The summed E-state index contributed by atoms with van der Waals surface area (Å²) in [5.74, 6) is -0.352. The molecule has 0 radical (unpaired) electrons. The summed E-state index contributed by atoms with van der Waals surface area (Å²) in [5.41, 5.74) is 0.532. The number of carbonyl (C=O) groups is 2. The molecule has 0 unspecified atom stereocenters. The Morgan fingerprint density at radius 2 is 1.50 bits per heavy atom.